The summed E-state index contributed by atoms with van der Waals surface area (Å²) in [6.45, 7) is 4.95. The molecule has 0 spiro atoms. The molecule has 1 N–H and O–H groups in total. The van der Waals surface area contributed by atoms with Crippen molar-refractivity contribution in [1.29, 1.82) is 0 Å². The van der Waals surface area contributed by atoms with Gasteiger partial charge in [0.25, 0.3) is 15.9 Å². The number of benzene rings is 1. The summed E-state index contributed by atoms with van der Waals surface area (Å²) in [5.41, 5.74) is 0.277. The topological polar surface area (TPSA) is 66.5 Å². The molecule has 0 fully saturated rings. The SMILES string of the molecule is CC(C)NCCCN1C(=O)c2ccccc2S1(=O)=O. The number of sulfonamides is 1. The van der Waals surface area contributed by atoms with Crippen LogP contribution in [0.25, 0.3) is 0 Å². The highest BCUT2D eigenvalue weighted by molar-refractivity contribution is 7.90. The molecule has 1 aromatic rings. The molecule has 0 saturated carbocycles. The number of carbonyl (C=O) groups is 1. The van der Waals surface area contributed by atoms with Crippen molar-refractivity contribution in [2.45, 2.75) is 31.2 Å². The first-order valence-corrected chi connectivity index (χ1v) is 7.78. The lowest BCUT2D eigenvalue weighted by molar-refractivity contribution is 0.0870. The highest BCUT2D eigenvalue weighted by atomic mass is 32.2. The lowest BCUT2D eigenvalue weighted by atomic mass is 10.2. The van der Waals surface area contributed by atoms with Gasteiger partial charge in [0.2, 0.25) is 0 Å². The van der Waals surface area contributed by atoms with Crippen LogP contribution in [-0.4, -0.2) is 37.8 Å². The highest BCUT2D eigenvalue weighted by Crippen LogP contribution is 2.29. The van der Waals surface area contributed by atoms with E-state index >= 15 is 0 Å². The van der Waals surface area contributed by atoms with Gasteiger partial charge in [0, 0.05) is 12.6 Å². The van der Waals surface area contributed by atoms with E-state index in [0.29, 0.717) is 19.0 Å². The van der Waals surface area contributed by atoms with Crippen LogP contribution in [0.3, 0.4) is 0 Å². The van der Waals surface area contributed by atoms with E-state index < -0.39 is 15.9 Å². The minimum Gasteiger partial charge on any atom is -0.314 e. The Hall–Kier alpha value is -1.40. The summed E-state index contributed by atoms with van der Waals surface area (Å²) in [4.78, 5) is 12.2. The second kappa shape index (κ2) is 5.30. The van der Waals surface area contributed by atoms with Crippen molar-refractivity contribution in [3.63, 3.8) is 0 Å². The van der Waals surface area contributed by atoms with Crippen molar-refractivity contribution in [2.75, 3.05) is 13.1 Å². The van der Waals surface area contributed by atoms with Gasteiger partial charge in [0.05, 0.1) is 5.56 Å². The van der Waals surface area contributed by atoms with Gasteiger partial charge in [-0.2, -0.15) is 0 Å². The van der Waals surface area contributed by atoms with E-state index in [0.717, 1.165) is 4.31 Å². The molecule has 5 nitrogen and oxygen atoms in total. The van der Waals surface area contributed by atoms with Crippen molar-refractivity contribution < 1.29 is 13.2 Å². The summed E-state index contributed by atoms with van der Waals surface area (Å²) in [6.07, 6.45) is 0.608. The van der Waals surface area contributed by atoms with Gasteiger partial charge in [-0.3, -0.25) is 4.79 Å². The van der Waals surface area contributed by atoms with Gasteiger partial charge >= 0.3 is 0 Å². The van der Waals surface area contributed by atoms with E-state index in [-0.39, 0.29) is 17.0 Å². The number of nitrogens with one attached hydrogen (secondary N) is 1. The number of carbonyl (C=O) groups excluding carboxylic acids is 1. The standard InChI is InChI=1S/C13H18N2O3S/c1-10(2)14-8-5-9-15-13(16)11-6-3-4-7-12(11)19(15,17)18/h3-4,6-7,10,14H,5,8-9H2,1-2H3. The largest absolute Gasteiger partial charge is 0.314 e. The quantitative estimate of drug-likeness (QED) is 0.825. The van der Waals surface area contributed by atoms with E-state index in [9.17, 15) is 13.2 Å². The molecule has 19 heavy (non-hydrogen) atoms. The third-order valence-electron chi connectivity index (χ3n) is 3.00. The van der Waals surface area contributed by atoms with Gasteiger partial charge in [-0.05, 0) is 25.1 Å². The van der Waals surface area contributed by atoms with Crippen molar-refractivity contribution >= 4 is 15.9 Å². The third-order valence-corrected chi connectivity index (χ3v) is 4.84. The second-order valence-electron chi connectivity index (χ2n) is 4.84. The van der Waals surface area contributed by atoms with Crippen molar-refractivity contribution in [3.8, 4) is 0 Å². The molecule has 0 unspecified atom stereocenters. The van der Waals surface area contributed by atoms with E-state index in [1.807, 2.05) is 13.8 Å². The van der Waals surface area contributed by atoms with Crippen LogP contribution in [0.15, 0.2) is 29.2 Å². The zero-order valence-corrected chi connectivity index (χ0v) is 11.9. The van der Waals surface area contributed by atoms with Crippen LogP contribution in [0.2, 0.25) is 0 Å². The molecule has 104 valence electrons. The van der Waals surface area contributed by atoms with Crippen LogP contribution in [0.1, 0.15) is 30.6 Å². The average molecular weight is 282 g/mol. The minimum atomic E-state index is -3.64. The fraction of sp³-hybridized carbons (Fsp3) is 0.462. The number of amides is 1. The zero-order chi connectivity index (χ0) is 14.0. The van der Waals surface area contributed by atoms with E-state index in [4.69, 9.17) is 0 Å². The molecule has 0 aromatic heterocycles. The fourth-order valence-corrected chi connectivity index (χ4v) is 3.67. The third kappa shape index (κ3) is 2.64. The van der Waals surface area contributed by atoms with Gasteiger partial charge in [-0.25, -0.2) is 12.7 Å². The summed E-state index contributed by atoms with van der Waals surface area (Å²) in [6, 6.07) is 6.70. The van der Waals surface area contributed by atoms with Crippen LogP contribution < -0.4 is 5.32 Å². The molecule has 1 amide bonds. The number of hydrogen-bond acceptors (Lipinski definition) is 4. The molecule has 0 saturated heterocycles. The first kappa shape index (κ1) is 14.0. The number of rotatable bonds is 5. The Labute approximate surface area is 113 Å². The van der Waals surface area contributed by atoms with Crippen molar-refractivity contribution in [2.24, 2.45) is 0 Å². The van der Waals surface area contributed by atoms with Gasteiger partial charge < -0.3 is 5.32 Å². The maximum absolute atomic E-state index is 12.2. The second-order valence-corrected chi connectivity index (χ2v) is 6.67. The molecule has 2 rings (SSSR count). The van der Waals surface area contributed by atoms with Gasteiger partial charge in [0.1, 0.15) is 4.90 Å². The lowest BCUT2D eigenvalue weighted by Gasteiger charge is -2.15. The van der Waals surface area contributed by atoms with Crippen molar-refractivity contribution in [1.82, 2.24) is 9.62 Å². The number of fused-ring (bicyclic) bond motifs is 1. The Morgan fingerprint density at radius 1 is 1.26 bits per heavy atom. The van der Waals surface area contributed by atoms with Gasteiger partial charge in [0.15, 0.2) is 0 Å². The van der Waals surface area contributed by atoms with Crippen LogP contribution in [-0.2, 0) is 10.0 Å². The van der Waals surface area contributed by atoms with Gasteiger partial charge in [-0.1, -0.05) is 26.0 Å². The van der Waals surface area contributed by atoms with Crippen LogP contribution in [0.5, 0.6) is 0 Å². The summed E-state index contributed by atoms with van der Waals surface area (Å²) in [5.74, 6) is -0.417. The Balaban J connectivity index is 2.10. The Bertz CT molecular complexity index is 581. The van der Waals surface area contributed by atoms with E-state index in [1.54, 1.807) is 18.2 Å². The molecule has 0 bridgehead atoms. The lowest BCUT2D eigenvalue weighted by Crippen LogP contribution is -2.33. The minimum absolute atomic E-state index is 0.122. The summed E-state index contributed by atoms with van der Waals surface area (Å²) >= 11 is 0. The molecular formula is C13H18N2O3S. The fourth-order valence-electron chi connectivity index (χ4n) is 2.07. The summed E-state index contributed by atoms with van der Waals surface area (Å²) < 4.78 is 25.4. The van der Waals surface area contributed by atoms with Crippen LogP contribution in [0.4, 0.5) is 0 Å². The smallest absolute Gasteiger partial charge is 0.269 e. The molecule has 6 heteroatoms. The first-order chi connectivity index (χ1) is 8.94. The molecule has 1 heterocycles. The Kier molecular flexibility index (Phi) is 3.91. The average Bonchev–Trinajstić information content (AvgIpc) is 2.55. The van der Waals surface area contributed by atoms with Crippen LogP contribution >= 0.6 is 0 Å². The Morgan fingerprint density at radius 2 is 1.95 bits per heavy atom. The molecular weight excluding hydrogens is 264 g/mol. The first-order valence-electron chi connectivity index (χ1n) is 6.34. The number of nitrogens with zero attached hydrogens (tertiary/aromatic N) is 1. The molecule has 1 aromatic carbocycles. The number of hydrogen-bond donors (Lipinski definition) is 1. The predicted octanol–water partition coefficient (Wildman–Crippen LogP) is 1.22. The zero-order valence-electron chi connectivity index (χ0n) is 11.1. The van der Waals surface area contributed by atoms with Gasteiger partial charge in [-0.15, -0.1) is 0 Å². The van der Waals surface area contributed by atoms with Crippen LogP contribution in [0, 0.1) is 0 Å². The predicted molar refractivity (Wildman–Crippen MR) is 72.4 cm³/mol. The van der Waals surface area contributed by atoms with Crippen molar-refractivity contribution in [3.05, 3.63) is 29.8 Å². The molecule has 0 radical (unpaired) electrons. The normalized spacial score (nSPS) is 17.0. The molecule has 1 aliphatic rings. The molecule has 1 aliphatic heterocycles. The van der Waals surface area contributed by atoms with E-state index in [2.05, 4.69) is 5.32 Å². The summed E-state index contributed by atoms with van der Waals surface area (Å²) in [7, 11) is -3.64. The maximum atomic E-state index is 12.2. The monoisotopic (exact) mass is 282 g/mol. The molecule has 0 atom stereocenters. The maximum Gasteiger partial charge on any atom is 0.269 e. The Morgan fingerprint density at radius 3 is 2.58 bits per heavy atom. The van der Waals surface area contributed by atoms with E-state index in [1.165, 1.54) is 6.07 Å². The highest BCUT2D eigenvalue weighted by Gasteiger charge is 2.40. The molecule has 0 aliphatic carbocycles. The summed E-state index contributed by atoms with van der Waals surface area (Å²) in [5, 5.41) is 3.20.